The van der Waals surface area contributed by atoms with E-state index in [4.69, 9.17) is 0 Å². The number of hydrogen-bond donors (Lipinski definition) is 0. The molecule has 0 spiro atoms. The van der Waals surface area contributed by atoms with Crippen LogP contribution in [0.3, 0.4) is 0 Å². The van der Waals surface area contributed by atoms with E-state index in [0.29, 0.717) is 7.25 Å². The van der Waals surface area contributed by atoms with Crippen molar-refractivity contribution in [1.82, 2.24) is 0 Å². The fourth-order valence-corrected chi connectivity index (χ4v) is 27.2. The third kappa shape index (κ3) is 4.70. The minimum absolute atomic E-state index is 0. The molecule has 3 aromatic carbocycles. The SMILES string of the molecule is CCC1=Cc2ccccc2[CH]1[Zr+2](=[SiH2])([CH2]c1ccccc1)[CH]1C(CC)=Cc2ccccc21.[Cl-].[Cl-]. The van der Waals surface area contributed by atoms with Gasteiger partial charge in [0.1, 0.15) is 0 Å². The molecule has 33 heavy (non-hydrogen) atoms. The second kappa shape index (κ2) is 11.0. The third-order valence-corrected chi connectivity index (χ3v) is 25.3. The Morgan fingerprint density at radius 1 is 0.636 bits per heavy atom. The molecule has 0 bridgehead atoms. The van der Waals surface area contributed by atoms with Crippen molar-refractivity contribution in [2.45, 2.75) is 38.1 Å². The Labute approximate surface area is 217 Å². The van der Waals surface area contributed by atoms with Gasteiger partial charge in [-0.1, -0.05) is 0 Å². The zero-order chi connectivity index (χ0) is 21.4. The molecule has 2 unspecified atom stereocenters. The van der Waals surface area contributed by atoms with Crippen LogP contribution >= 0.6 is 0 Å². The molecule has 169 valence electrons. The van der Waals surface area contributed by atoms with Gasteiger partial charge in [0, 0.05) is 0 Å². The second-order valence-electron chi connectivity index (χ2n) is 9.17. The number of hydrogen-bond acceptors (Lipinski definition) is 0. The summed E-state index contributed by atoms with van der Waals surface area (Å²) < 4.78 is 2.60. The first-order valence-corrected chi connectivity index (χ1v) is 22.1. The predicted molar refractivity (Wildman–Crippen MR) is 134 cm³/mol. The molecule has 0 heterocycles. The number of halogens is 2. The van der Waals surface area contributed by atoms with E-state index in [1.165, 1.54) is 20.8 Å². The third-order valence-electron chi connectivity index (χ3n) is 7.38. The van der Waals surface area contributed by atoms with Crippen molar-refractivity contribution in [3.63, 3.8) is 0 Å². The summed E-state index contributed by atoms with van der Waals surface area (Å²) in [4.78, 5) is 0. The van der Waals surface area contributed by atoms with E-state index in [1.54, 1.807) is 22.3 Å². The molecule has 0 aliphatic heterocycles. The number of benzene rings is 3. The van der Waals surface area contributed by atoms with E-state index < -0.39 is 18.9 Å². The Bertz CT molecular complexity index is 1160. The van der Waals surface area contributed by atoms with Crippen molar-refractivity contribution in [2.24, 2.45) is 0 Å². The van der Waals surface area contributed by atoms with Crippen molar-refractivity contribution >= 4 is 19.0 Å². The molecule has 0 saturated carbocycles. The molecule has 0 N–H and O–H groups in total. The van der Waals surface area contributed by atoms with E-state index in [-0.39, 0.29) is 24.8 Å². The molecule has 3 aromatic rings. The van der Waals surface area contributed by atoms with Gasteiger partial charge in [0.2, 0.25) is 0 Å². The van der Waals surface area contributed by atoms with Crippen LogP contribution in [0.25, 0.3) is 12.2 Å². The van der Waals surface area contributed by atoms with Gasteiger partial charge in [0.15, 0.2) is 0 Å². The van der Waals surface area contributed by atoms with Gasteiger partial charge in [-0.15, -0.1) is 0 Å². The van der Waals surface area contributed by atoms with Gasteiger partial charge < -0.3 is 24.8 Å². The molecule has 0 radical (unpaired) electrons. The Kier molecular flexibility index (Phi) is 8.84. The molecule has 0 amide bonds. The van der Waals surface area contributed by atoms with Crippen molar-refractivity contribution in [3.05, 3.63) is 118 Å². The average molecular weight is 570 g/mol. The zero-order valence-electron chi connectivity index (χ0n) is 19.4. The van der Waals surface area contributed by atoms with Crippen LogP contribution in [0.2, 0.25) is 0 Å². The first-order chi connectivity index (χ1) is 15.2. The van der Waals surface area contributed by atoms with Gasteiger partial charge in [-0.05, 0) is 0 Å². The Morgan fingerprint density at radius 2 is 1.06 bits per heavy atom. The quantitative estimate of drug-likeness (QED) is 0.389. The van der Waals surface area contributed by atoms with Gasteiger partial charge in [-0.2, -0.15) is 0 Å². The first-order valence-electron chi connectivity index (χ1n) is 11.6. The van der Waals surface area contributed by atoms with E-state index in [9.17, 15) is 0 Å². The molecule has 0 fully saturated rings. The summed E-state index contributed by atoms with van der Waals surface area (Å²) in [5, 5.41) is 0. The van der Waals surface area contributed by atoms with Crippen LogP contribution in [0, 0.1) is 0 Å². The topological polar surface area (TPSA) is 0 Å². The molecule has 2 aliphatic carbocycles. The van der Waals surface area contributed by atoms with Crippen LogP contribution in [0.5, 0.6) is 0 Å². The summed E-state index contributed by atoms with van der Waals surface area (Å²) in [5.41, 5.74) is 11.1. The van der Waals surface area contributed by atoms with E-state index >= 15 is 0 Å². The largest absolute Gasteiger partial charge is 1.00 e. The second-order valence-corrected chi connectivity index (χ2v) is 26.7. The minimum Gasteiger partial charge on any atom is -1.00 e. The van der Waals surface area contributed by atoms with Crippen LogP contribution in [0.15, 0.2) is 90.0 Å². The average Bonchev–Trinajstić information content (AvgIpc) is 3.38. The number of rotatable bonds is 6. The monoisotopic (exact) mass is 567 g/mol. The maximum Gasteiger partial charge on any atom is -1.00 e. The number of allylic oxidation sites excluding steroid dienone is 2. The van der Waals surface area contributed by atoms with Crippen LogP contribution in [0.1, 0.15) is 61.8 Å². The van der Waals surface area contributed by atoms with Gasteiger partial charge in [-0.3, -0.25) is 0 Å². The summed E-state index contributed by atoms with van der Waals surface area (Å²) in [6.07, 6.45) is 7.37. The van der Waals surface area contributed by atoms with E-state index in [1.807, 2.05) is 0 Å². The molecule has 0 aromatic heterocycles. The molecule has 2 aliphatic rings. The maximum atomic E-state index is 2.53. The van der Waals surface area contributed by atoms with E-state index in [0.717, 1.165) is 12.8 Å². The molecule has 4 heteroatoms. The molecule has 0 saturated heterocycles. The summed E-state index contributed by atoms with van der Waals surface area (Å²) >= 11 is -2.92. The summed E-state index contributed by atoms with van der Waals surface area (Å²) in [7, 11) is 0. The van der Waals surface area contributed by atoms with Gasteiger partial charge in [0.05, 0.1) is 0 Å². The maximum absolute atomic E-state index is 2.92. The van der Waals surface area contributed by atoms with Crippen LogP contribution < -0.4 is 24.8 Å². The summed E-state index contributed by atoms with van der Waals surface area (Å²) in [6, 6.07) is 29.8. The van der Waals surface area contributed by atoms with Gasteiger partial charge in [-0.25, -0.2) is 0 Å². The normalized spacial score (nSPS) is 18.8. The van der Waals surface area contributed by atoms with Crippen LogP contribution in [-0.4, -0.2) is 6.88 Å². The molecule has 2 atom stereocenters. The zero-order valence-corrected chi connectivity index (χ0v) is 24.8. The van der Waals surface area contributed by atoms with Crippen molar-refractivity contribution in [1.29, 1.82) is 0 Å². The summed E-state index contributed by atoms with van der Waals surface area (Å²) in [5.74, 6) is 0. The van der Waals surface area contributed by atoms with Crippen LogP contribution in [0.4, 0.5) is 0 Å². The molecule has 0 nitrogen and oxygen atoms in total. The van der Waals surface area contributed by atoms with E-state index in [2.05, 4.69) is 112 Å². The Balaban J connectivity index is 0.00000153. The first kappa shape index (κ1) is 26.4. The molecular formula is C29H31Cl2SiZr. The Hall–Kier alpha value is -1.18. The van der Waals surface area contributed by atoms with Crippen molar-refractivity contribution < 1.29 is 43.7 Å². The Morgan fingerprint density at radius 3 is 1.52 bits per heavy atom. The summed E-state index contributed by atoms with van der Waals surface area (Å²) in [6.45, 7) is 7.21. The number of fused-ring (bicyclic) bond motifs is 2. The van der Waals surface area contributed by atoms with Crippen molar-refractivity contribution in [2.75, 3.05) is 0 Å². The van der Waals surface area contributed by atoms with Gasteiger partial charge in [0.25, 0.3) is 0 Å². The molecular weight excluding hydrogens is 539 g/mol. The predicted octanol–water partition coefficient (Wildman–Crippen LogP) is 0.993. The van der Waals surface area contributed by atoms with Crippen molar-refractivity contribution in [3.8, 4) is 0 Å². The van der Waals surface area contributed by atoms with Gasteiger partial charge >= 0.3 is 194 Å². The fourth-order valence-electron chi connectivity index (χ4n) is 6.09. The van der Waals surface area contributed by atoms with Crippen LogP contribution in [-0.2, 0) is 23.0 Å². The standard InChI is InChI=1S/2C11H11.C7H7.2ClH.H2Si.Zr/c2*1-2-9-7-10-5-3-4-6-11(10)8-9;1-7-5-3-2-4-6-7;;;;/h2*3-8H,2H2,1H3;2-6H,1H2;2*1H;1H2;/q;;;;;;+2/p-2. The smallest absolute Gasteiger partial charge is 1.00 e. The molecule has 5 rings (SSSR count). The minimum atomic E-state index is -2.92. The fraction of sp³-hybridized carbons (Fsp3) is 0.241.